The molecule has 2 amide bonds. The van der Waals surface area contributed by atoms with E-state index in [4.69, 9.17) is 16.3 Å². The van der Waals surface area contributed by atoms with Crippen LogP contribution in [0.1, 0.15) is 33.1 Å². The van der Waals surface area contributed by atoms with Crippen molar-refractivity contribution in [1.29, 1.82) is 0 Å². The van der Waals surface area contributed by atoms with Crippen LogP contribution in [0.5, 0.6) is 0 Å². The number of rotatable bonds is 3. The number of cyclic esters (lactones) is 1. The fourth-order valence-electron chi connectivity index (χ4n) is 6.15. The number of anilines is 1. The molecule has 0 bridgehead atoms. The van der Waals surface area contributed by atoms with Crippen LogP contribution in [-0.2, 0) is 19.1 Å². The predicted molar refractivity (Wildman–Crippen MR) is 140 cm³/mol. The first-order valence-electron chi connectivity index (χ1n) is 12.5. The summed E-state index contributed by atoms with van der Waals surface area (Å²) in [6.07, 6.45) is 10.5. The first-order valence-corrected chi connectivity index (χ1v) is 13.6. The van der Waals surface area contributed by atoms with E-state index in [0.29, 0.717) is 23.9 Å². The van der Waals surface area contributed by atoms with Crippen LogP contribution in [0.25, 0.3) is 0 Å². The second-order valence-corrected chi connectivity index (χ2v) is 12.4. The van der Waals surface area contributed by atoms with Crippen LogP contribution in [0.15, 0.2) is 48.6 Å². The van der Waals surface area contributed by atoms with Crippen molar-refractivity contribution in [3.05, 3.63) is 53.6 Å². The number of halogens is 1. The molecule has 0 aromatic heterocycles. The van der Waals surface area contributed by atoms with Crippen molar-refractivity contribution in [2.24, 2.45) is 11.8 Å². The van der Waals surface area contributed by atoms with Crippen molar-refractivity contribution >= 4 is 46.8 Å². The third kappa shape index (κ3) is 3.89. The lowest BCUT2D eigenvalue weighted by atomic mass is 9.74. The van der Waals surface area contributed by atoms with Crippen LogP contribution >= 0.6 is 23.4 Å². The van der Waals surface area contributed by atoms with Crippen molar-refractivity contribution in [1.82, 2.24) is 4.90 Å². The van der Waals surface area contributed by atoms with E-state index in [1.807, 2.05) is 25.2 Å². The minimum absolute atomic E-state index is 0.240. The van der Waals surface area contributed by atoms with Gasteiger partial charge in [-0.05, 0) is 57.4 Å². The molecule has 0 radical (unpaired) electrons. The fraction of sp³-hybridized carbons (Fsp3) is 0.519. The van der Waals surface area contributed by atoms with Gasteiger partial charge in [-0.1, -0.05) is 35.9 Å². The molecular formula is C27H31ClN2O5S. The maximum absolute atomic E-state index is 14.3. The second kappa shape index (κ2) is 9.54. The summed E-state index contributed by atoms with van der Waals surface area (Å²) in [6, 6.07) is 5.54. The summed E-state index contributed by atoms with van der Waals surface area (Å²) >= 11 is 7.59. The van der Waals surface area contributed by atoms with E-state index < -0.39 is 39.4 Å². The summed E-state index contributed by atoms with van der Waals surface area (Å²) in [5, 5.41) is 10.6. The molecule has 5 rings (SSSR count). The van der Waals surface area contributed by atoms with Crippen LogP contribution in [0.4, 0.5) is 5.69 Å². The predicted octanol–water partition coefficient (Wildman–Crippen LogP) is 3.59. The number of benzene rings is 1. The van der Waals surface area contributed by atoms with Crippen molar-refractivity contribution in [2.45, 2.75) is 54.7 Å². The highest BCUT2D eigenvalue weighted by Crippen LogP contribution is 2.65. The van der Waals surface area contributed by atoms with Gasteiger partial charge in [-0.25, -0.2) is 0 Å². The SMILES string of the molecule is C[C@H](CO)N1C(=O)[C@@H]2[C@H]3C(=O)OCCCC/C=C\[C@@]3(C)S[C@@]23C=CCN(c2ccc(Cl)cc2)C(=O)C13. The number of aliphatic hydroxyl groups is 1. The summed E-state index contributed by atoms with van der Waals surface area (Å²) < 4.78 is 3.98. The van der Waals surface area contributed by atoms with Gasteiger partial charge in [0.1, 0.15) is 6.04 Å². The number of aliphatic hydroxyl groups excluding tert-OH is 1. The maximum atomic E-state index is 14.3. The Morgan fingerprint density at radius 1 is 1.11 bits per heavy atom. The zero-order valence-corrected chi connectivity index (χ0v) is 22.0. The number of carbonyl (C=O) groups excluding carboxylic acids is 3. The van der Waals surface area contributed by atoms with Crippen molar-refractivity contribution in [3.8, 4) is 0 Å². The number of carbonyl (C=O) groups is 3. The van der Waals surface area contributed by atoms with E-state index in [-0.39, 0.29) is 18.4 Å². The first-order chi connectivity index (χ1) is 17.2. The van der Waals surface area contributed by atoms with Gasteiger partial charge in [-0.2, -0.15) is 0 Å². The molecule has 7 nitrogen and oxygen atoms in total. The molecule has 0 saturated carbocycles. The van der Waals surface area contributed by atoms with Gasteiger partial charge < -0.3 is 19.6 Å². The van der Waals surface area contributed by atoms with Gasteiger partial charge in [0.2, 0.25) is 5.91 Å². The van der Waals surface area contributed by atoms with Crippen LogP contribution in [0.3, 0.4) is 0 Å². The Hall–Kier alpha value is -2.29. The molecule has 9 heteroatoms. The van der Waals surface area contributed by atoms with Crippen LogP contribution in [0, 0.1) is 11.8 Å². The van der Waals surface area contributed by atoms with Gasteiger partial charge in [-0.3, -0.25) is 14.4 Å². The minimum Gasteiger partial charge on any atom is -0.465 e. The van der Waals surface area contributed by atoms with E-state index in [0.717, 1.165) is 19.3 Å². The molecule has 0 aliphatic carbocycles. The third-order valence-electron chi connectivity index (χ3n) is 7.82. The highest BCUT2D eigenvalue weighted by Gasteiger charge is 2.74. The Morgan fingerprint density at radius 3 is 2.58 bits per heavy atom. The Bertz CT molecular complexity index is 1120. The highest BCUT2D eigenvalue weighted by atomic mass is 35.5. The Balaban J connectivity index is 1.65. The van der Waals surface area contributed by atoms with Crippen LogP contribution in [0.2, 0.25) is 5.02 Å². The number of amides is 2. The minimum atomic E-state index is -0.977. The van der Waals surface area contributed by atoms with E-state index in [9.17, 15) is 19.5 Å². The Morgan fingerprint density at radius 2 is 1.86 bits per heavy atom. The average Bonchev–Trinajstić information content (AvgIpc) is 3.19. The van der Waals surface area contributed by atoms with Crippen LogP contribution in [-0.4, -0.2) is 69.1 Å². The first kappa shape index (κ1) is 25.4. The summed E-state index contributed by atoms with van der Waals surface area (Å²) in [4.78, 5) is 45.1. The number of hydrogen-bond acceptors (Lipinski definition) is 6. The molecule has 1 unspecified atom stereocenters. The summed E-state index contributed by atoms with van der Waals surface area (Å²) in [5.74, 6) is -2.46. The average molecular weight is 531 g/mol. The molecule has 2 saturated heterocycles. The third-order valence-corrected chi connectivity index (χ3v) is 9.86. The molecule has 1 aromatic carbocycles. The Kier molecular flexibility index (Phi) is 6.72. The summed E-state index contributed by atoms with van der Waals surface area (Å²) in [5.41, 5.74) is 0.672. The number of thioether (sulfide) groups is 1. The monoisotopic (exact) mass is 530 g/mol. The Labute approximate surface area is 220 Å². The molecule has 4 aliphatic rings. The number of ether oxygens (including phenoxy) is 1. The molecule has 1 spiro atoms. The molecule has 4 heterocycles. The number of nitrogens with zero attached hydrogens (tertiary/aromatic N) is 2. The zero-order chi connectivity index (χ0) is 25.7. The maximum Gasteiger partial charge on any atom is 0.311 e. The summed E-state index contributed by atoms with van der Waals surface area (Å²) in [6.45, 7) is 4.05. The number of esters is 1. The highest BCUT2D eigenvalue weighted by molar-refractivity contribution is 8.02. The largest absolute Gasteiger partial charge is 0.465 e. The van der Waals surface area contributed by atoms with Gasteiger partial charge in [0.15, 0.2) is 0 Å². The lowest BCUT2D eigenvalue weighted by molar-refractivity contribution is -0.154. The van der Waals surface area contributed by atoms with Gasteiger partial charge in [0.05, 0.1) is 35.8 Å². The van der Waals surface area contributed by atoms with E-state index >= 15 is 0 Å². The van der Waals surface area contributed by atoms with Gasteiger partial charge in [-0.15, -0.1) is 11.8 Å². The zero-order valence-electron chi connectivity index (χ0n) is 20.4. The fourth-order valence-corrected chi connectivity index (χ4v) is 8.42. The van der Waals surface area contributed by atoms with E-state index in [2.05, 4.69) is 6.08 Å². The molecule has 36 heavy (non-hydrogen) atoms. The lowest BCUT2D eigenvalue weighted by Crippen LogP contribution is -2.56. The number of fused-ring (bicyclic) bond motifs is 2. The number of allylic oxidation sites excluding steroid dienone is 1. The van der Waals surface area contributed by atoms with E-state index in [1.54, 1.807) is 36.1 Å². The quantitative estimate of drug-likeness (QED) is 0.475. The molecule has 4 aliphatic heterocycles. The molecule has 2 fully saturated rings. The van der Waals surface area contributed by atoms with Gasteiger partial charge in [0, 0.05) is 22.0 Å². The standard InChI is InChI=1S/C27H31ClN2O5S/c1-17(16-31)30-22-24(33)29(19-10-8-18(28)9-11-19)14-7-13-27(22)20(23(30)32)21-25(34)35-15-6-4-3-5-12-26(21,2)36-27/h5,7-13,17,20-22,31H,3-4,6,14-16H2,1-2H3/b12-5-/t17-,20+,21+,22?,26-,27+/m1/s1. The van der Waals surface area contributed by atoms with E-state index in [1.165, 1.54) is 16.7 Å². The normalized spacial score (nSPS) is 36.0. The molecule has 1 N–H and O–H groups in total. The van der Waals surface area contributed by atoms with Gasteiger partial charge in [0.25, 0.3) is 5.91 Å². The number of hydrogen-bond donors (Lipinski definition) is 1. The molecule has 192 valence electrons. The van der Waals surface area contributed by atoms with Crippen molar-refractivity contribution in [2.75, 3.05) is 24.7 Å². The number of likely N-dealkylation sites (tertiary alicyclic amines) is 1. The van der Waals surface area contributed by atoms with Gasteiger partial charge >= 0.3 is 5.97 Å². The second-order valence-electron chi connectivity index (χ2n) is 10.2. The van der Waals surface area contributed by atoms with Crippen molar-refractivity contribution < 1.29 is 24.2 Å². The van der Waals surface area contributed by atoms with Crippen LogP contribution < -0.4 is 4.90 Å². The molecule has 1 aromatic rings. The lowest BCUT2D eigenvalue weighted by Gasteiger charge is -2.39. The van der Waals surface area contributed by atoms with Crippen molar-refractivity contribution in [3.63, 3.8) is 0 Å². The molecule has 6 atom stereocenters. The topological polar surface area (TPSA) is 87.2 Å². The smallest absolute Gasteiger partial charge is 0.311 e. The molecular weight excluding hydrogens is 500 g/mol. The summed E-state index contributed by atoms with van der Waals surface area (Å²) in [7, 11) is 0.